The third-order valence-corrected chi connectivity index (χ3v) is 5.06. The van der Waals surface area contributed by atoms with Gasteiger partial charge in [0.05, 0.1) is 11.7 Å². The third-order valence-electron chi connectivity index (χ3n) is 5.06. The first-order valence-corrected chi connectivity index (χ1v) is 9.04. The zero-order chi connectivity index (χ0) is 16.3. The van der Waals surface area contributed by atoms with Crippen molar-refractivity contribution in [2.24, 2.45) is 5.92 Å². The molecule has 0 atom stereocenters. The van der Waals surface area contributed by atoms with Crippen LogP contribution in [0.4, 0.5) is 0 Å². The second kappa shape index (κ2) is 7.31. The van der Waals surface area contributed by atoms with Gasteiger partial charge < -0.3 is 14.5 Å². The van der Waals surface area contributed by atoms with Crippen LogP contribution in [-0.4, -0.2) is 59.6 Å². The number of carbonyl (C=O) groups excluding carboxylic acids is 1. The summed E-state index contributed by atoms with van der Waals surface area (Å²) >= 11 is 0. The zero-order valence-electron chi connectivity index (χ0n) is 15.1. The number of amides is 1. The molecule has 128 valence electrons. The number of hydrogen-bond acceptors (Lipinski definition) is 3. The molecule has 0 aromatic carbocycles. The third kappa shape index (κ3) is 4.45. The molecule has 2 rings (SSSR count). The molecule has 2 fully saturated rings. The van der Waals surface area contributed by atoms with Gasteiger partial charge in [-0.25, -0.2) is 0 Å². The van der Waals surface area contributed by atoms with Crippen molar-refractivity contribution in [3.63, 3.8) is 0 Å². The maximum Gasteiger partial charge on any atom is 0.225 e. The highest BCUT2D eigenvalue weighted by molar-refractivity contribution is 5.78. The minimum Gasteiger partial charge on any atom is -0.373 e. The molecule has 1 amide bonds. The largest absolute Gasteiger partial charge is 0.373 e. The minimum atomic E-state index is -0.0290. The number of ether oxygens (including phenoxy) is 1. The quantitative estimate of drug-likeness (QED) is 0.783. The number of hydrogen-bond donors (Lipinski definition) is 0. The van der Waals surface area contributed by atoms with Gasteiger partial charge in [0, 0.05) is 25.0 Å². The Bertz CT molecular complexity index is 360. The molecule has 1 heterocycles. The van der Waals surface area contributed by atoms with Gasteiger partial charge in [-0.2, -0.15) is 0 Å². The molecule has 0 radical (unpaired) electrons. The number of likely N-dealkylation sites (tertiary alicyclic amines) is 1. The lowest BCUT2D eigenvalue weighted by molar-refractivity contribution is -0.140. The summed E-state index contributed by atoms with van der Waals surface area (Å²) in [7, 11) is 0. The molecule has 1 saturated carbocycles. The highest BCUT2D eigenvalue weighted by Crippen LogP contribution is 2.34. The first kappa shape index (κ1) is 17.7. The molecular formula is C18H34N2O2. The van der Waals surface area contributed by atoms with Gasteiger partial charge in [0.15, 0.2) is 0 Å². The SMILES string of the molecule is CCN(CC)C(=O)C1CCN(C2CC(OC(C)(C)C)C2)CC1. The van der Waals surface area contributed by atoms with E-state index in [-0.39, 0.29) is 11.5 Å². The number of nitrogens with zero attached hydrogens (tertiary/aromatic N) is 2. The van der Waals surface area contributed by atoms with Crippen molar-refractivity contribution in [2.45, 2.75) is 78.0 Å². The van der Waals surface area contributed by atoms with E-state index < -0.39 is 0 Å². The Morgan fingerprint density at radius 1 is 1.14 bits per heavy atom. The molecule has 1 saturated heterocycles. The van der Waals surface area contributed by atoms with Crippen LogP contribution in [0.1, 0.15) is 60.3 Å². The van der Waals surface area contributed by atoms with E-state index in [1.807, 2.05) is 4.90 Å². The molecule has 0 bridgehead atoms. The monoisotopic (exact) mass is 310 g/mol. The predicted octanol–water partition coefficient (Wildman–Crippen LogP) is 2.91. The summed E-state index contributed by atoms with van der Waals surface area (Å²) in [5, 5.41) is 0. The Morgan fingerprint density at radius 2 is 1.68 bits per heavy atom. The van der Waals surface area contributed by atoms with Crippen molar-refractivity contribution in [3.8, 4) is 0 Å². The van der Waals surface area contributed by atoms with E-state index in [1.54, 1.807) is 0 Å². The van der Waals surface area contributed by atoms with Crippen molar-refractivity contribution >= 4 is 5.91 Å². The van der Waals surface area contributed by atoms with Gasteiger partial charge in [-0.3, -0.25) is 4.79 Å². The Balaban J connectivity index is 1.71. The molecule has 4 nitrogen and oxygen atoms in total. The van der Waals surface area contributed by atoms with Crippen molar-refractivity contribution < 1.29 is 9.53 Å². The molecular weight excluding hydrogens is 276 g/mol. The highest BCUT2D eigenvalue weighted by Gasteiger charge is 2.38. The second-order valence-electron chi connectivity index (χ2n) is 7.80. The van der Waals surface area contributed by atoms with Crippen LogP contribution >= 0.6 is 0 Å². The topological polar surface area (TPSA) is 32.8 Å². The first-order chi connectivity index (χ1) is 10.3. The van der Waals surface area contributed by atoms with Gasteiger partial charge in [-0.1, -0.05) is 0 Å². The van der Waals surface area contributed by atoms with Crippen LogP contribution in [0.25, 0.3) is 0 Å². The Hall–Kier alpha value is -0.610. The number of carbonyl (C=O) groups is 1. The smallest absolute Gasteiger partial charge is 0.225 e. The van der Waals surface area contributed by atoms with Crippen molar-refractivity contribution in [1.82, 2.24) is 9.80 Å². The fourth-order valence-electron chi connectivity index (χ4n) is 3.74. The lowest BCUT2D eigenvalue weighted by atomic mass is 9.84. The van der Waals surface area contributed by atoms with Crippen molar-refractivity contribution in [3.05, 3.63) is 0 Å². The average molecular weight is 310 g/mol. The first-order valence-electron chi connectivity index (χ1n) is 9.04. The summed E-state index contributed by atoms with van der Waals surface area (Å²) in [5.41, 5.74) is -0.0290. The van der Waals surface area contributed by atoms with Gasteiger partial charge in [0.25, 0.3) is 0 Å². The van der Waals surface area contributed by atoms with Crippen LogP contribution in [0.15, 0.2) is 0 Å². The Morgan fingerprint density at radius 3 is 2.14 bits per heavy atom. The summed E-state index contributed by atoms with van der Waals surface area (Å²) in [6, 6.07) is 0.678. The lowest BCUT2D eigenvalue weighted by Gasteiger charge is -2.47. The molecule has 0 spiro atoms. The Kier molecular flexibility index (Phi) is 5.89. The fourth-order valence-corrected chi connectivity index (χ4v) is 3.74. The summed E-state index contributed by atoms with van der Waals surface area (Å²) in [5.74, 6) is 0.616. The van der Waals surface area contributed by atoms with Crippen LogP contribution in [0.2, 0.25) is 0 Å². The average Bonchev–Trinajstić information content (AvgIpc) is 2.43. The fraction of sp³-hybridized carbons (Fsp3) is 0.944. The summed E-state index contributed by atoms with van der Waals surface area (Å²) in [6.45, 7) is 14.4. The van der Waals surface area contributed by atoms with E-state index >= 15 is 0 Å². The van der Waals surface area contributed by atoms with Crippen molar-refractivity contribution in [1.29, 1.82) is 0 Å². The highest BCUT2D eigenvalue weighted by atomic mass is 16.5. The molecule has 22 heavy (non-hydrogen) atoms. The van der Waals surface area contributed by atoms with E-state index in [9.17, 15) is 4.79 Å². The molecule has 2 aliphatic rings. The Labute approximate surface area is 136 Å². The van der Waals surface area contributed by atoms with Crippen LogP contribution < -0.4 is 0 Å². The van der Waals surface area contributed by atoms with Gasteiger partial charge in [0.1, 0.15) is 0 Å². The van der Waals surface area contributed by atoms with Crippen LogP contribution in [0.5, 0.6) is 0 Å². The van der Waals surface area contributed by atoms with Gasteiger partial charge in [-0.15, -0.1) is 0 Å². The number of rotatable bonds is 5. The summed E-state index contributed by atoms with van der Waals surface area (Å²) in [4.78, 5) is 17.0. The van der Waals surface area contributed by atoms with E-state index in [0.717, 1.165) is 51.9 Å². The van der Waals surface area contributed by atoms with E-state index in [0.29, 0.717) is 18.1 Å². The normalized spacial score (nSPS) is 27.5. The van der Waals surface area contributed by atoms with Crippen molar-refractivity contribution in [2.75, 3.05) is 26.2 Å². The lowest BCUT2D eigenvalue weighted by Crippen LogP contribution is -2.53. The maximum absolute atomic E-state index is 12.4. The summed E-state index contributed by atoms with van der Waals surface area (Å²) < 4.78 is 6.03. The molecule has 0 unspecified atom stereocenters. The molecule has 0 N–H and O–H groups in total. The zero-order valence-corrected chi connectivity index (χ0v) is 15.1. The molecule has 1 aliphatic heterocycles. The van der Waals surface area contributed by atoms with Crippen LogP contribution in [-0.2, 0) is 9.53 Å². The molecule has 4 heteroatoms. The minimum absolute atomic E-state index is 0.0290. The summed E-state index contributed by atoms with van der Waals surface area (Å²) in [6.07, 6.45) is 4.80. The van der Waals surface area contributed by atoms with E-state index in [4.69, 9.17) is 4.74 Å². The maximum atomic E-state index is 12.4. The van der Waals surface area contributed by atoms with E-state index in [2.05, 4.69) is 39.5 Å². The predicted molar refractivity (Wildman–Crippen MR) is 89.9 cm³/mol. The van der Waals surface area contributed by atoms with Gasteiger partial charge >= 0.3 is 0 Å². The standard InChI is InChI=1S/C18H34N2O2/c1-6-19(7-2)17(21)14-8-10-20(11-9-14)15-12-16(13-15)22-18(3,4)5/h14-16H,6-13H2,1-5H3. The van der Waals surface area contributed by atoms with Crippen LogP contribution in [0, 0.1) is 5.92 Å². The molecule has 0 aromatic heterocycles. The molecule has 0 aromatic rings. The van der Waals surface area contributed by atoms with Crippen LogP contribution in [0.3, 0.4) is 0 Å². The van der Waals surface area contributed by atoms with E-state index in [1.165, 1.54) is 0 Å². The second-order valence-corrected chi connectivity index (χ2v) is 7.80. The van der Waals surface area contributed by atoms with Gasteiger partial charge in [-0.05, 0) is 73.4 Å². The number of piperidine rings is 1. The molecule has 1 aliphatic carbocycles. The van der Waals surface area contributed by atoms with Gasteiger partial charge in [0.2, 0.25) is 5.91 Å².